The van der Waals surface area contributed by atoms with Gasteiger partial charge in [0.1, 0.15) is 0 Å². The van der Waals surface area contributed by atoms with E-state index in [1.165, 1.54) is 11.3 Å². The van der Waals surface area contributed by atoms with E-state index in [9.17, 15) is 4.79 Å². The molecule has 1 heterocycles. The number of aldehydes is 1. The molecule has 1 unspecified atom stereocenters. The predicted molar refractivity (Wildman–Crippen MR) is 78.9 cm³/mol. The van der Waals surface area contributed by atoms with Crippen LogP contribution < -0.4 is 4.90 Å². The van der Waals surface area contributed by atoms with Crippen molar-refractivity contribution < 1.29 is 4.79 Å². The molecular weight excluding hydrogens is 244 g/mol. The summed E-state index contributed by atoms with van der Waals surface area (Å²) in [6.07, 6.45) is 2.06. The van der Waals surface area contributed by atoms with Crippen molar-refractivity contribution in [3.05, 3.63) is 10.6 Å². The molecule has 0 fully saturated rings. The van der Waals surface area contributed by atoms with Gasteiger partial charge in [0.2, 0.25) is 0 Å². The molecular formula is C14H24N2OS. The van der Waals surface area contributed by atoms with Crippen LogP contribution >= 0.6 is 11.3 Å². The highest BCUT2D eigenvalue weighted by molar-refractivity contribution is 7.17. The monoisotopic (exact) mass is 268 g/mol. The van der Waals surface area contributed by atoms with Gasteiger partial charge in [0.15, 0.2) is 11.4 Å². The van der Waals surface area contributed by atoms with E-state index < -0.39 is 0 Å². The molecule has 1 atom stereocenters. The van der Waals surface area contributed by atoms with Crippen molar-refractivity contribution in [1.82, 2.24) is 4.98 Å². The van der Waals surface area contributed by atoms with Gasteiger partial charge in [-0.25, -0.2) is 4.98 Å². The van der Waals surface area contributed by atoms with Gasteiger partial charge in [0.25, 0.3) is 0 Å². The summed E-state index contributed by atoms with van der Waals surface area (Å²) in [6.45, 7) is 10.8. The fourth-order valence-electron chi connectivity index (χ4n) is 2.01. The zero-order chi connectivity index (χ0) is 13.9. The van der Waals surface area contributed by atoms with Crippen molar-refractivity contribution >= 4 is 22.8 Å². The van der Waals surface area contributed by atoms with Gasteiger partial charge in [-0.05, 0) is 25.2 Å². The van der Waals surface area contributed by atoms with Crippen LogP contribution in [0.4, 0.5) is 5.13 Å². The van der Waals surface area contributed by atoms with E-state index >= 15 is 0 Å². The SMILES string of the molecule is CC(C)CC(C)N(C)c1nc(C(C)C)c(C=O)s1. The molecule has 0 amide bonds. The molecule has 0 aromatic carbocycles. The summed E-state index contributed by atoms with van der Waals surface area (Å²) in [5.74, 6) is 0.960. The molecule has 1 rings (SSSR count). The Morgan fingerprint density at radius 1 is 1.28 bits per heavy atom. The molecule has 0 saturated heterocycles. The van der Waals surface area contributed by atoms with E-state index in [-0.39, 0.29) is 0 Å². The first kappa shape index (κ1) is 15.2. The van der Waals surface area contributed by atoms with Gasteiger partial charge in [-0.3, -0.25) is 4.79 Å². The number of aromatic nitrogens is 1. The van der Waals surface area contributed by atoms with Gasteiger partial charge in [0.05, 0.1) is 10.6 Å². The highest BCUT2D eigenvalue weighted by Gasteiger charge is 2.19. The second kappa shape index (κ2) is 6.32. The van der Waals surface area contributed by atoms with Crippen LogP contribution in [0.25, 0.3) is 0 Å². The highest BCUT2D eigenvalue weighted by Crippen LogP contribution is 2.30. The minimum Gasteiger partial charge on any atom is -0.348 e. The fraction of sp³-hybridized carbons (Fsp3) is 0.714. The van der Waals surface area contributed by atoms with Crippen LogP contribution in [0, 0.1) is 5.92 Å². The Bertz CT molecular complexity index is 398. The van der Waals surface area contributed by atoms with E-state index in [0.29, 0.717) is 17.9 Å². The number of carbonyl (C=O) groups is 1. The lowest BCUT2D eigenvalue weighted by atomic mass is 10.0. The topological polar surface area (TPSA) is 33.2 Å². The molecule has 0 saturated carbocycles. The molecule has 0 N–H and O–H groups in total. The molecule has 4 heteroatoms. The van der Waals surface area contributed by atoms with Crippen molar-refractivity contribution in [2.24, 2.45) is 5.92 Å². The summed E-state index contributed by atoms with van der Waals surface area (Å²) in [5.41, 5.74) is 0.925. The number of nitrogens with zero attached hydrogens (tertiary/aromatic N) is 2. The molecule has 0 aliphatic carbocycles. The number of rotatable bonds is 6. The Kier molecular flexibility index (Phi) is 5.32. The number of hydrogen-bond acceptors (Lipinski definition) is 4. The highest BCUT2D eigenvalue weighted by atomic mass is 32.1. The van der Waals surface area contributed by atoms with Crippen LogP contribution in [-0.2, 0) is 0 Å². The average molecular weight is 268 g/mol. The van der Waals surface area contributed by atoms with Gasteiger partial charge in [-0.2, -0.15) is 0 Å². The van der Waals surface area contributed by atoms with Gasteiger partial charge in [-0.15, -0.1) is 0 Å². The van der Waals surface area contributed by atoms with E-state index in [4.69, 9.17) is 0 Å². The predicted octanol–water partition coefficient (Wildman–Crippen LogP) is 3.95. The third-order valence-corrected chi connectivity index (χ3v) is 4.19. The third-order valence-electron chi connectivity index (χ3n) is 3.10. The molecule has 1 aromatic rings. The first-order valence-electron chi connectivity index (χ1n) is 6.55. The fourth-order valence-corrected chi connectivity index (χ4v) is 3.11. The van der Waals surface area contributed by atoms with Crippen molar-refractivity contribution in [2.75, 3.05) is 11.9 Å². The maximum absolute atomic E-state index is 11.1. The summed E-state index contributed by atoms with van der Waals surface area (Å²) in [6, 6.07) is 0.440. The van der Waals surface area contributed by atoms with Crippen LogP contribution in [0.3, 0.4) is 0 Å². The molecule has 0 spiro atoms. The molecule has 1 aromatic heterocycles. The zero-order valence-corrected chi connectivity index (χ0v) is 13.0. The van der Waals surface area contributed by atoms with Crippen molar-refractivity contribution in [2.45, 2.75) is 53.0 Å². The molecule has 0 aliphatic rings. The molecule has 102 valence electrons. The van der Waals surface area contributed by atoms with E-state index in [0.717, 1.165) is 28.4 Å². The van der Waals surface area contributed by atoms with Gasteiger partial charge < -0.3 is 4.90 Å². The Morgan fingerprint density at radius 3 is 2.28 bits per heavy atom. The minimum absolute atomic E-state index is 0.295. The standard InChI is InChI=1S/C14H24N2OS/c1-9(2)7-11(5)16(6)14-15-13(10(3)4)12(8-17)18-14/h8-11H,7H2,1-6H3. The Morgan fingerprint density at radius 2 is 1.89 bits per heavy atom. The van der Waals surface area contributed by atoms with Crippen LogP contribution in [0.15, 0.2) is 0 Å². The second-order valence-electron chi connectivity index (χ2n) is 5.61. The summed E-state index contributed by atoms with van der Waals surface area (Å²) in [5, 5.41) is 0.953. The van der Waals surface area contributed by atoms with E-state index in [1.54, 1.807) is 0 Å². The van der Waals surface area contributed by atoms with Crippen LogP contribution in [-0.4, -0.2) is 24.4 Å². The minimum atomic E-state index is 0.295. The lowest BCUT2D eigenvalue weighted by Gasteiger charge is -2.25. The van der Waals surface area contributed by atoms with Gasteiger partial charge in [-0.1, -0.05) is 39.0 Å². The van der Waals surface area contributed by atoms with Gasteiger partial charge >= 0.3 is 0 Å². The number of anilines is 1. The third kappa shape index (κ3) is 3.55. The van der Waals surface area contributed by atoms with Crippen LogP contribution in [0.1, 0.15) is 62.3 Å². The van der Waals surface area contributed by atoms with Crippen LogP contribution in [0.2, 0.25) is 0 Å². The summed E-state index contributed by atoms with van der Waals surface area (Å²) in [7, 11) is 2.06. The van der Waals surface area contributed by atoms with Crippen molar-refractivity contribution in [1.29, 1.82) is 0 Å². The Labute approximate surface area is 114 Å². The van der Waals surface area contributed by atoms with Crippen molar-refractivity contribution in [3.8, 4) is 0 Å². The van der Waals surface area contributed by atoms with E-state index in [2.05, 4.69) is 51.6 Å². The summed E-state index contributed by atoms with van der Waals surface area (Å²) >= 11 is 1.50. The molecule has 0 radical (unpaired) electrons. The largest absolute Gasteiger partial charge is 0.348 e. The first-order valence-corrected chi connectivity index (χ1v) is 7.37. The molecule has 0 aliphatic heterocycles. The molecule has 0 bridgehead atoms. The Hall–Kier alpha value is -0.900. The van der Waals surface area contributed by atoms with Crippen molar-refractivity contribution in [3.63, 3.8) is 0 Å². The molecule has 18 heavy (non-hydrogen) atoms. The van der Waals surface area contributed by atoms with E-state index in [1.807, 2.05) is 0 Å². The quantitative estimate of drug-likeness (QED) is 0.732. The first-order chi connectivity index (χ1) is 8.36. The average Bonchev–Trinajstić information content (AvgIpc) is 2.70. The lowest BCUT2D eigenvalue weighted by molar-refractivity contribution is 0.112. The maximum atomic E-state index is 11.1. The molecule has 3 nitrogen and oxygen atoms in total. The maximum Gasteiger partial charge on any atom is 0.186 e. The van der Waals surface area contributed by atoms with Crippen LogP contribution in [0.5, 0.6) is 0 Å². The smallest absolute Gasteiger partial charge is 0.186 e. The number of hydrogen-bond donors (Lipinski definition) is 0. The number of thiazole rings is 1. The summed E-state index contributed by atoms with van der Waals surface area (Å²) in [4.78, 5) is 18.6. The number of carbonyl (C=O) groups excluding carboxylic acids is 1. The zero-order valence-electron chi connectivity index (χ0n) is 12.2. The Balaban J connectivity index is 2.92. The lowest BCUT2D eigenvalue weighted by Crippen LogP contribution is -2.29. The van der Waals surface area contributed by atoms with Gasteiger partial charge in [0, 0.05) is 13.1 Å². The summed E-state index contributed by atoms with van der Waals surface area (Å²) < 4.78 is 0. The normalized spacial score (nSPS) is 13.1. The second-order valence-corrected chi connectivity index (χ2v) is 6.62.